The van der Waals surface area contributed by atoms with Crippen molar-refractivity contribution in [2.24, 2.45) is 0 Å². The third-order valence-electron chi connectivity index (χ3n) is 4.26. The number of amides is 1. The molecule has 0 bridgehead atoms. The van der Waals surface area contributed by atoms with Gasteiger partial charge in [0.15, 0.2) is 0 Å². The smallest absolute Gasteiger partial charge is 0.240 e. The second-order valence-electron chi connectivity index (χ2n) is 6.13. The second kappa shape index (κ2) is 6.98. The number of carbonyl (C=O) groups is 1. The number of fused-ring (bicyclic) bond motifs is 1. The molecular formula is C16H22N2O4S. The molecule has 1 heterocycles. The molecule has 1 fully saturated rings. The van der Waals surface area contributed by atoms with Crippen LogP contribution in [-0.4, -0.2) is 39.3 Å². The summed E-state index contributed by atoms with van der Waals surface area (Å²) in [4.78, 5) is 12.0. The van der Waals surface area contributed by atoms with E-state index in [0.29, 0.717) is 12.3 Å². The van der Waals surface area contributed by atoms with Crippen molar-refractivity contribution in [2.75, 3.05) is 24.2 Å². The molecule has 2 aliphatic rings. The molecule has 2 N–H and O–H groups in total. The van der Waals surface area contributed by atoms with Gasteiger partial charge in [0.25, 0.3) is 0 Å². The van der Waals surface area contributed by atoms with Crippen LogP contribution in [0.5, 0.6) is 0 Å². The number of ether oxygens (including phenoxy) is 1. The average molecular weight is 338 g/mol. The van der Waals surface area contributed by atoms with Gasteiger partial charge in [-0.1, -0.05) is 6.07 Å². The topological polar surface area (TPSA) is 84.5 Å². The van der Waals surface area contributed by atoms with Gasteiger partial charge in [-0.05, 0) is 55.4 Å². The highest BCUT2D eigenvalue weighted by molar-refractivity contribution is 7.90. The number of sulfonamides is 1. The Labute approximate surface area is 136 Å². The van der Waals surface area contributed by atoms with E-state index in [2.05, 4.69) is 10.0 Å². The Balaban J connectivity index is 1.51. The van der Waals surface area contributed by atoms with E-state index in [1.807, 2.05) is 18.2 Å². The quantitative estimate of drug-likeness (QED) is 0.817. The van der Waals surface area contributed by atoms with E-state index in [1.165, 1.54) is 11.1 Å². The van der Waals surface area contributed by atoms with E-state index >= 15 is 0 Å². The minimum atomic E-state index is -3.64. The van der Waals surface area contributed by atoms with Gasteiger partial charge in [0.1, 0.15) is 5.75 Å². The Morgan fingerprint density at radius 1 is 1.22 bits per heavy atom. The van der Waals surface area contributed by atoms with Crippen LogP contribution in [0, 0.1) is 0 Å². The number of nitrogens with one attached hydrogen (secondary N) is 2. The summed E-state index contributed by atoms with van der Waals surface area (Å²) < 4.78 is 31.7. The standard InChI is InChI=1S/C16H22N2O4S/c19-16(11-23(20,21)17-10-15-5-2-8-22-15)18-14-7-6-12-3-1-4-13(12)9-14/h6-7,9,15,17H,1-5,8,10-11H2,(H,18,19)/t15-/m0/s1. The fourth-order valence-electron chi connectivity index (χ4n) is 3.10. The number of anilines is 1. The fraction of sp³-hybridized carbons (Fsp3) is 0.562. The second-order valence-corrected chi connectivity index (χ2v) is 7.93. The van der Waals surface area contributed by atoms with Crippen molar-refractivity contribution in [3.05, 3.63) is 29.3 Å². The Morgan fingerprint density at radius 3 is 2.83 bits per heavy atom. The number of hydrogen-bond donors (Lipinski definition) is 2. The highest BCUT2D eigenvalue weighted by Gasteiger charge is 2.21. The Kier molecular flexibility index (Phi) is 4.99. The van der Waals surface area contributed by atoms with Gasteiger partial charge in [-0.15, -0.1) is 0 Å². The van der Waals surface area contributed by atoms with Crippen LogP contribution in [-0.2, 0) is 32.4 Å². The minimum absolute atomic E-state index is 0.0791. The highest BCUT2D eigenvalue weighted by atomic mass is 32.2. The molecule has 3 rings (SSSR count). The lowest BCUT2D eigenvalue weighted by atomic mass is 10.1. The first-order valence-corrected chi connectivity index (χ1v) is 9.68. The molecule has 0 spiro atoms. The Bertz CT molecular complexity index is 681. The Hall–Kier alpha value is -1.44. The van der Waals surface area contributed by atoms with E-state index in [9.17, 15) is 13.2 Å². The van der Waals surface area contributed by atoms with Crippen molar-refractivity contribution >= 4 is 21.6 Å². The third-order valence-corrected chi connectivity index (χ3v) is 5.51. The van der Waals surface area contributed by atoms with Gasteiger partial charge in [0.05, 0.1) is 6.10 Å². The zero-order chi connectivity index (χ0) is 16.3. The first-order chi connectivity index (χ1) is 11.0. The summed E-state index contributed by atoms with van der Waals surface area (Å²) in [5.74, 6) is -1.10. The minimum Gasteiger partial charge on any atom is -0.377 e. The van der Waals surface area contributed by atoms with Gasteiger partial charge < -0.3 is 10.1 Å². The summed E-state index contributed by atoms with van der Waals surface area (Å²) >= 11 is 0. The fourth-order valence-corrected chi connectivity index (χ4v) is 4.05. The van der Waals surface area contributed by atoms with Crippen molar-refractivity contribution in [3.63, 3.8) is 0 Å². The van der Waals surface area contributed by atoms with E-state index in [4.69, 9.17) is 4.74 Å². The number of rotatable bonds is 6. The largest absolute Gasteiger partial charge is 0.377 e. The number of hydrogen-bond acceptors (Lipinski definition) is 4. The van der Waals surface area contributed by atoms with Crippen molar-refractivity contribution < 1.29 is 17.9 Å². The van der Waals surface area contributed by atoms with Crippen molar-refractivity contribution in [1.29, 1.82) is 0 Å². The molecule has 23 heavy (non-hydrogen) atoms. The van der Waals surface area contributed by atoms with E-state index < -0.39 is 21.7 Å². The number of benzene rings is 1. The molecule has 0 aromatic heterocycles. The van der Waals surface area contributed by atoms with Crippen molar-refractivity contribution in [1.82, 2.24) is 4.72 Å². The maximum absolute atomic E-state index is 12.0. The molecule has 1 aliphatic carbocycles. The van der Waals surface area contributed by atoms with Gasteiger partial charge >= 0.3 is 0 Å². The average Bonchev–Trinajstić information content (AvgIpc) is 3.15. The van der Waals surface area contributed by atoms with Crippen LogP contribution < -0.4 is 10.0 Å². The molecule has 1 aromatic rings. The highest BCUT2D eigenvalue weighted by Crippen LogP contribution is 2.24. The molecule has 1 atom stereocenters. The van der Waals surface area contributed by atoms with Crippen LogP contribution in [0.1, 0.15) is 30.4 Å². The lowest BCUT2D eigenvalue weighted by Gasteiger charge is -2.12. The van der Waals surface area contributed by atoms with Gasteiger partial charge in [-0.3, -0.25) is 4.79 Å². The van der Waals surface area contributed by atoms with Crippen molar-refractivity contribution in [2.45, 2.75) is 38.2 Å². The predicted octanol–water partition coefficient (Wildman–Crippen LogP) is 1.21. The van der Waals surface area contributed by atoms with E-state index in [1.54, 1.807) is 0 Å². The van der Waals surface area contributed by atoms with Crippen LogP contribution in [0.2, 0.25) is 0 Å². The normalized spacial score (nSPS) is 20.4. The van der Waals surface area contributed by atoms with Crippen molar-refractivity contribution in [3.8, 4) is 0 Å². The molecule has 1 amide bonds. The molecule has 1 saturated heterocycles. The SMILES string of the molecule is O=C(CS(=O)(=O)NC[C@@H]1CCCO1)Nc1ccc2c(c1)CCC2. The molecular weight excluding hydrogens is 316 g/mol. The monoisotopic (exact) mass is 338 g/mol. The van der Waals surface area contributed by atoms with Crippen LogP contribution in [0.25, 0.3) is 0 Å². The van der Waals surface area contributed by atoms with Crippen LogP contribution in [0.3, 0.4) is 0 Å². The molecule has 0 unspecified atom stereocenters. The summed E-state index contributed by atoms with van der Waals surface area (Å²) in [6.07, 6.45) is 4.94. The third kappa shape index (κ3) is 4.53. The first-order valence-electron chi connectivity index (χ1n) is 8.02. The lowest BCUT2D eigenvalue weighted by Crippen LogP contribution is -2.37. The van der Waals surface area contributed by atoms with Gasteiger partial charge in [-0.25, -0.2) is 13.1 Å². The molecule has 7 heteroatoms. The Morgan fingerprint density at radius 2 is 2.04 bits per heavy atom. The molecule has 126 valence electrons. The van der Waals surface area contributed by atoms with Gasteiger partial charge in [0, 0.05) is 18.8 Å². The number of aryl methyl sites for hydroxylation is 2. The molecule has 0 radical (unpaired) electrons. The zero-order valence-corrected chi connectivity index (χ0v) is 13.8. The van der Waals surface area contributed by atoms with E-state index in [0.717, 1.165) is 32.1 Å². The van der Waals surface area contributed by atoms with Crippen LogP contribution in [0.4, 0.5) is 5.69 Å². The first kappa shape index (κ1) is 16.4. The maximum atomic E-state index is 12.0. The van der Waals surface area contributed by atoms with E-state index in [-0.39, 0.29) is 12.6 Å². The summed E-state index contributed by atoms with van der Waals surface area (Å²) in [6.45, 7) is 0.902. The molecule has 1 aliphatic heterocycles. The zero-order valence-electron chi connectivity index (χ0n) is 13.0. The summed E-state index contributed by atoms with van der Waals surface area (Å²) in [7, 11) is -3.64. The van der Waals surface area contributed by atoms with Crippen LogP contribution >= 0.6 is 0 Å². The number of carbonyl (C=O) groups excluding carboxylic acids is 1. The van der Waals surface area contributed by atoms with Gasteiger partial charge in [0.2, 0.25) is 15.9 Å². The molecule has 6 nitrogen and oxygen atoms in total. The predicted molar refractivity (Wildman–Crippen MR) is 87.9 cm³/mol. The van der Waals surface area contributed by atoms with Crippen LogP contribution in [0.15, 0.2) is 18.2 Å². The summed E-state index contributed by atoms with van der Waals surface area (Å²) in [6, 6.07) is 5.77. The molecule has 1 aromatic carbocycles. The summed E-state index contributed by atoms with van der Waals surface area (Å²) in [5.41, 5.74) is 3.21. The molecule has 0 saturated carbocycles. The maximum Gasteiger partial charge on any atom is 0.240 e. The lowest BCUT2D eigenvalue weighted by molar-refractivity contribution is -0.113. The summed E-state index contributed by atoms with van der Waals surface area (Å²) in [5, 5.41) is 2.67. The van der Waals surface area contributed by atoms with Gasteiger partial charge in [-0.2, -0.15) is 0 Å².